The molecule has 0 bridgehead atoms. The molecule has 1 aliphatic rings. The molecule has 1 fully saturated rings. The van der Waals surface area contributed by atoms with Crippen LogP contribution in [0.1, 0.15) is 16.1 Å². The Morgan fingerprint density at radius 1 is 1.27 bits per heavy atom. The highest BCUT2D eigenvalue weighted by Crippen LogP contribution is 2.36. The standard InChI is InChI=1S/C16H12BrF3N4O2/c17-13-2-9(7-26-13)8-1-11(16(18,19)20)14-22-12(6-23(14)3-8)15(25)24-4-10(21)5-24/h1-3,6-7,10H,4-5,21H2. The fraction of sp³-hybridized carbons (Fsp3) is 0.250. The van der Waals surface area contributed by atoms with Crippen LogP contribution in [0.5, 0.6) is 0 Å². The number of hydrogen-bond donors (Lipinski definition) is 1. The minimum atomic E-state index is -4.62. The van der Waals surface area contributed by atoms with E-state index < -0.39 is 17.6 Å². The van der Waals surface area contributed by atoms with Crippen molar-refractivity contribution >= 4 is 27.5 Å². The molecule has 26 heavy (non-hydrogen) atoms. The number of halogens is 4. The number of carbonyl (C=O) groups is 1. The smallest absolute Gasteiger partial charge is 0.420 e. The summed E-state index contributed by atoms with van der Waals surface area (Å²) in [5, 5.41) is 0. The van der Waals surface area contributed by atoms with Crippen molar-refractivity contribution in [2.24, 2.45) is 5.73 Å². The summed E-state index contributed by atoms with van der Waals surface area (Å²) >= 11 is 3.13. The fourth-order valence-corrected chi connectivity index (χ4v) is 3.21. The highest BCUT2D eigenvalue weighted by Gasteiger charge is 2.36. The number of pyridine rings is 1. The molecule has 10 heteroatoms. The molecule has 1 amide bonds. The van der Waals surface area contributed by atoms with Crippen LogP contribution in [0.25, 0.3) is 16.8 Å². The fourth-order valence-electron chi connectivity index (χ4n) is 2.87. The van der Waals surface area contributed by atoms with Crippen LogP contribution in [-0.2, 0) is 6.18 Å². The Morgan fingerprint density at radius 2 is 2.00 bits per heavy atom. The average molecular weight is 429 g/mol. The molecule has 0 unspecified atom stereocenters. The van der Waals surface area contributed by atoms with Crippen molar-refractivity contribution < 1.29 is 22.4 Å². The van der Waals surface area contributed by atoms with Crippen LogP contribution in [0.2, 0.25) is 0 Å². The first-order valence-corrected chi connectivity index (χ1v) is 8.41. The lowest BCUT2D eigenvalue weighted by molar-refractivity contribution is -0.136. The van der Waals surface area contributed by atoms with Crippen LogP contribution in [0, 0.1) is 0 Å². The number of furan rings is 1. The maximum Gasteiger partial charge on any atom is 0.420 e. The lowest BCUT2D eigenvalue weighted by Gasteiger charge is -2.36. The van der Waals surface area contributed by atoms with E-state index in [4.69, 9.17) is 10.2 Å². The van der Waals surface area contributed by atoms with Crippen LogP contribution in [0.4, 0.5) is 13.2 Å². The third-order valence-corrected chi connectivity index (χ3v) is 4.59. The Bertz CT molecular complexity index is 1000. The van der Waals surface area contributed by atoms with Gasteiger partial charge in [0, 0.05) is 42.7 Å². The molecule has 0 atom stereocenters. The zero-order valence-corrected chi connectivity index (χ0v) is 14.7. The number of rotatable bonds is 2. The van der Waals surface area contributed by atoms with E-state index in [2.05, 4.69) is 20.9 Å². The van der Waals surface area contributed by atoms with Crippen molar-refractivity contribution in [3.63, 3.8) is 0 Å². The summed E-state index contributed by atoms with van der Waals surface area (Å²) in [6.45, 7) is 0.736. The zero-order valence-electron chi connectivity index (χ0n) is 13.1. The van der Waals surface area contributed by atoms with Crippen LogP contribution in [0.3, 0.4) is 0 Å². The van der Waals surface area contributed by atoms with E-state index in [0.29, 0.717) is 28.9 Å². The number of imidazole rings is 1. The van der Waals surface area contributed by atoms with E-state index in [1.54, 1.807) is 6.07 Å². The summed E-state index contributed by atoms with van der Waals surface area (Å²) in [7, 11) is 0. The molecule has 136 valence electrons. The SMILES string of the molecule is NC1CN(C(=O)c2cn3cc(-c4coc(Br)c4)cc(C(F)(F)F)c3n2)C1. The van der Waals surface area contributed by atoms with Crippen molar-refractivity contribution in [1.82, 2.24) is 14.3 Å². The first kappa shape index (κ1) is 17.1. The van der Waals surface area contributed by atoms with Crippen LogP contribution >= 0.6 is 15.9 Å². The lowest BCUT2D eigenvalue weighted by atomic mass is 10.1. The molecule has 1 saturated heterocycles. The van der Waals surface area contributed by atoms with Gasteiger partial charge in [0.05, 0.1) is 11.8 Å². The predicted octanol–water partition coefficient (Wildman–Crippen LogP) is 3.16. The molecular weight excluding hydrogens is 417 g/mol. The number of alkyl halides is 3. The van der Waals surface area contributed by atoms with E-state index in [1.165, 1.54) is 28.0 Å². The number of fused-ring (bicyclic) bond motifs is 1. The second-order valence-electron chi connectivity index (χ2n) is 6.11. The number of nitrogens with zero attached hydrogens (tertiary/aromatic N) is 3. The van der Waals surface area contributed by atoms with E-state index in [9.17, 15) is 18.0 Å². The number of nitrogens with two attached hydrogens (primary N) is 1. The summed E-state index contributed by atoms with van der Waals surface area (Å²) in [6.07, 6.45) is -0.498. The summed E-state index contributed by atoms with van der Waals surface area (Å²) in [5.41, 5.74) is 5.12. The van der Waals surface area contributed by atoms with Gasteiger partial charge in [0.25, 0.3) is 5.91 Å². The molecule has 4 heterocycles. The summed E-state index contributed by atoms with van der Waals surface area (Å²) in [4.78, 5) is 17.7. The van der Waals surface area contributed by atoms with Crippen molar-refractivity contribution in [3.8, 4) is 11.1 Å². The summed E-state index contributed by atoms with van der Waals surface area (Å²) in [5.74, 6) is -0.434. The monoisotopic (exact) mass is 428 g/mol. The second-order valence-corrected chi connectivity index (χ2v) is 6.89. The Labute approximate surface area is 153 Å². The third-order valence-electron chi connectivity index (χ3n) is 4.17. The molecule has 4 rings (SSSR count). The first-order valence-electron chi connectivity index (χ1n) is 7.61. The summed E-state index contributed by atoms with van der Waals surface area (Å²) in [6, 6.07) is 2.45. The number of carbonyl (C=O) groups excluding carboxylic acids is 1. The quantitative estimate of drug-likeness (QED) is 0.679. The van der Waals surface area contributed by atoms with Gasteiger partial charge in [-0.05, 0) is 28.1 Å². The van der Waals surface area contributed by atoms with Gasteiger partial charge < -0.3 is 19.5 Å². The van der Waals surface area contributed by atoms with E-state index in [0.717, 1.165) is 6.07 Å². The van der Waals surface area contributed by atoms with Crippen molar-refractivity contribution in [3.05, 3.63) is 46.7 Å². The Morgan fingerprint density at radius 3 is 2.58 bits per heavy atom. The van der Waals surface area contributed by atoms with Crippen molar-refractivity contribution in [1.29, 1.82) is 0 Å². The highest BCUT2D eigenvalue weighted by atomic mass is 79.9. The molecule has 0 aromatic carbocycles. The largest absolute Gasteiger partial charge is 0.457 e. The topological polar surface area (TPSA) is 76.8 Å². The van der Waals surface area contributed by atoms with Gasteiger partial charge in [0.2, 0.25) is 0 Å². The van der Waals surface area contributed by atoms with E-state index in [-0.39, 0.29) is 17.4 Å². The normalized spacial score (nSPS) is 15.5. The average Bonchev–Trinajstić information content (AvgIpc) is 3.15. The first-order chi connectivity index (χ1) is 12.2. The number of likely N-dealkylation sites (tertiary alicyclic amines) is 1. The number of aromatic nitrogens is 2. The van der Waals surface area contributed by atoms with Gasteiger partial charge in [-0.15, -0.1) is 0 Å². The van der Waals surface area contributed by atoms with Gasteiger partial charge in [-0.25, -0.2) is 4.98 Å². The Kier molecular flexibility index (Phi) is 3.85. The molecule has 0 radical (unpaired) electrons. The number of hydrogen-bond acceptors (Lipinski definition) is 4. The maximum absolute atomic E-state index is 13.5. The zero-order chi connectivity index (χ0) is 18.6. The molecule has 2 N–H and O–H groups in total. The van der Waals surface area contributed by atoms with Crippen LogP contribution < -0.4 is 5.73 Å². The Hall–Kier alpha value is -2.33. The van der Waals surface area contributed by atoms with Gasteiger partial charge in [0.1, 0.15) is 11.3 Å². The molecule has 1 aliphatic heterocycles. The third kappa shape index (κ3) is 2.88. The molecule has 0 spiro atoms. The van der Waals surface area contributed by atoms with Crippen molar-refractivity contribution in [2.45, 2.75) is 12.2 Å². The molecule has 6 nitrogen and oxygen atoms in total. The number of amides is 1. The maximum atomic E-state index is 13.5. The molecule has 3 aromatic heterocycles. The van der Waals surface area contributed by atoms with Crippen LogP contribution in [-0.4, -0.2) is 39.3 Å². The summed E-state index contributed by atoms with van der Waals surface area (Å²) < 4.78 is 47.3. The van der Waals surface area contributed by atoms with Gasteiger partial charge in [-0.1, -0.05) is 0 Å². The predicted molar refractivity (Wildman–Crippen MR) is 89.5 cm³/mol. The van der Waals surface area contributed by atoms with Gasteiger partial charge >= 0.3 is 6.18 Å². The minimum absolute atomic E-state index is 0.0482. The van der Waals surface area contributed by atoms with Crippen LogP contribution in [0.15, 0.2) is 39.9 Å². The lowest BCUT2D eigenvalue weighted by Crippen LogP contribution is -2.57. The van der Waals surface area contributed by atoms with Gasteiger partial charge in [0.15, 0.2) is 4.67 Å². The molecule has 0 aliphatic carbocycles. The minimum Gasteiger partial charge on any atom is -0.457 e. The van der Waals surface area contributed by atoms with Gasteiger partial charge in [-0.2, -0.15) is 13.2 Å². The highest BCUT2D eigenvalue weighted by molar-refractivity contribution is 9.10. The van der Waals surface area contributed by atoms with E-state index in [1.807, 2.05) is 0 Å². The van der Waals surface area contributed by atoms with E-state index >= 15 is 0 Å². The molecule has 3 aromatic rings. The molecule has 0 saturated carbocycles. The Balaban J connectivity index is 1.83. The molecular formula is C16H12BrF3N4O2. The van der Waals surface area contributed by atoms with Crippen molar-refractivity contribution in [2.75, 3.05) is 13.1 Å². The second kappa shape index (κ2) is 5.85. The van der Waals surface area contributed by atoms with Gasteiger partial charge in [-0.3, -0.25) is 4.79 Å².